The Bertz CT molecular complexity index is 248. The fourth-order valence-corrected chi connectivity index (χ4v) is 1.58. The quantitative estimate of drug-likeness (QED) is 0.670. The van der Waals surface area contributed by atoms with Crippen LogP contribution in [0.25, 0.3) is 0 Å². The van der Waals surface area contributed by atoms with Crippen LogP contribution in [-0.2, 0) is 6.42 Å². The molecule has 2 nitrogen and oxygen atoms in total. The Morgan fingerprint density at radius 2 is 2.00 bits per heavy atom. The molecule has 0 saturated carbocycles. The lowest BCUT2D eigenvalue weighted by atomic mass is 10.1. The van der Waals surface area contributed by atoms with E-state index in [1.165, 1.54) is 5.56 Å². The molecule has 0 aliphatic carbocycles. The second-order valence-corrected chi connectivity index (χ2v) is 3.96. The predicted octanol–water partition coefficient (Wildman–Crippen LogP) is 1.98. The van der Waals surface area contributed by atoms with E-state index in [-0.39, 0.29) is 6.61 Å². The molecule has 0 heterocycles. The lowest BCUT2D eigenvalue weighted by molar-refractivity contribution is 0.269. The minimum Gasteiger partial charge on any atom is -0.396 e. The van der Waals surface area contributed by atoms with E-state index in [1.54, 1.807) is 0 Å². The van der Waals surface area contributed by atoms with E-state index >= 15 is 0 Å². The molecule has 0 aliphatic rings. The Labute approximate surface area is 92.3 Å². The summed E-state index contributed by atoms with van der Waals surface area (Å²) in [5.74, 6) is 0. The third kappa shape index (κ3) is 5.55. The summed E-state index contributed by atoms with van der Waals surface area (Å²) < 4.78 is 0. The van der Waals surface area contributed by atoms with Crippen LogP contribution in [0.1, 0.15) is 25.3 Å². The summed E-state index contributed by atoms with van der Waals surface area (Å²) in [6.07, 6.45) is 3.12. The van der Waals surface area contributed by atoms with Gasteiger partial charge in [0.1, 0.15) is 0 Å². The van der Waals surface area contributed by atoms with Crippen LogP contribution in [0.5, 0.6) is 0 Å². The van der Waals surface area contributed by atoms with Crippen LogP contribution in [0.3, 0.4) is 0 Å². The molecule has 0 saturated heterocycles. The first-order chi connectivity index (χ1) is 7.33. The molecule has 1 atom stereocenters. The molecule has 2 N–H and O–H groups in total. The Hall–Kier alpha value is -0.860. The maximum absolute atomic E-state index is 8.73. The maximum atomic E-state index is 8.73. The van der Waals surface area contributed by atoms with E-state index in [9.17, 15) is 0 Å². The van der Waals surface area contributed by atoms with Crippen molar-refractivity contribution in [2.45, 2.75) is 32.2 Å². The summed E-state index contributed by atoms with van der Waals surface area (Å²) in [4.78, 5) is 0. The molecule has 0 radical (unpaired) electrons. The minimum absolute atomic E-state index is 0.271. The lowest BCUT2D eigenvalue weighted by Gasteiger charge is -2.11. The first-order valence-electron chi connectivity index (χ1n) is 5.71. The van der Waals surface area contributed by atoms with Gasteiger partial charge in [0.05, 0.1) is 0 Å². The summed E-state index contributed by atoms with van der Waals surface area (Å²) in [5.41, 5.74) is 1.40. The number of hydrogen-bond acceptors (Lipinski definition) is 2. The van der Waals surface area contributed by atoms with Crippen molar-refractivity contribution in [1.29, 1.82) is 0 Å². The first kappa shape index (κ1) is 12.2. The summed E-state index contributed by atoms with van der Waals surface area (Å²) >= 11 is 0. The average molecular weight is 207 g/mol. The topological polar surface area (TPSA) is 32.3 Å². The molecule has 2 heteroatoms. The minimum atomic E-state index is 0.271. The predicted molar refractivity (Wildman–Crippen MR) is 63.9 cm³/mol. The standard InChI is InChI=1S/C13H21NO/c1-12(9-11-15)14-10-5-8-13-6-3-2-4-7-13/h2-4,6-7,12,14-15H,5,8-11H2,1H3. The molecule has 1 aromatic rings. The number of benzene rings is 1. The largest absolute Gasteiger partial charge is 0.396 e. The van der Waals surface area contributed by atoms with Gasteiger partial charge in [-0.05, 0) is 38.3 Å². The number of aryl methyl sites for hydroxylation is 1. The molecule has 0 spiro atoms. The van der Waals surface area contributed by atoms with E-state index in [0.29, 0.717) is 6.04 Å². The molecule has 15 heavy (non-hydrogen) atoms. The normalized spacial score (nSPS) is 12.7. The van der Waals surface area contributed by atoms with Crippen molar-refractivity contribution in [3.05, 3.63) is 35.9 Å². The van der Waals surface area contributed by atoms with Gasteiger partial charge < -0.3 is 10.4 Å². The van der Waals surface area contributed by atoms with Crippen molar-refractivity contribution in [1.82, 2.24) is 5.32 Å². The van der Waals surface area contributed by atoms with Crippen molar-refractivity contribution in [3.8, 4) is 0 Å². The molecule has 84 valence electrons. The highest BCUT2D eigenvalue weighted by molar-refractivity contribution is 5.14. The highest BCUT2D eigenvalue weighted by Crippen LogP contribution is 2.01. The first-order valence-corrected chi connectivity index (χ1v) is 5.71. The Morgan fingerprint density at radius 1 is 1.27 bits per heavy atom. The fourth-order valence-electron chi connectivity index (χ4n) is 1.58. The van der Waals surface area contributed by atoms with Gasteiger partial charge in [0.2, 0.25) is 0 Å². The van der Waals surface area contributed by atoms with Gasteiger partial charge in [-0.3, -0.25) is 0 Å². The van der Waals surface area contributed by atoms with Crippen LogP contribution >= 0.6 is 0 Å². The highest BCUT2D eigenvalue weighted by Gasteiger charge is 1.98. The molecule has 0 aliphatic heterocycles. The van der Waals surface area contributed by atoms with Gasteiger partial charge in [-0.25, -0.2) is 0 Å². The van der Waals surface area contributed by atoms with Crippen LogP contribution in [0.2, 0.25) is 0 Å². The van der Waals surface area contributed by atoms with Crippen molar-refractivity contribution < 1.29 is 5.11 Å². The smallest absolute Gasteiger partial charge is 0.0445 e. The van der Waals surface area contributed by atoms with Gasteiger partial charge in [-0.1, -0.05) is 30.3 Å². The van der Waals surface area contributed by atoms with Crippen LogP contribution in [0.15, 0.2) is 30.3 Å². The van der Waals surface area contributed by atoms with Crippen molar-refractivity contribution >= 4 is 0 Å². The Morgan fingerprint density at radius 3 is 2.67 bits per heavy atom. The molecule has 1 rings (SSSR count). The second-order valence-electron chi connectivity index (χ2n) is 3.96. The van der Waals surface area contributed by atoms with E-state index in [1.807, 2.05) is 6.07 Å². The molecule has 0 bridgehead atoms. The molecule has 0 amide bonds. The Balaban J connectivity index is 2.07. The van der Waals surface area contributed by atoms with Gasteiger partial charge in [-0.15, -0.1) is 0 Å². The Kier molecular flexibility index (Phi) is 6.05. The van der Waals surface area contributed by atoms with Crippen LogP contribution in [-0.4, -0.2) is 24.3 Å². The monoisotopic (exact) mass is 207 g/mol. The SMILES string of the molecule is CC(CCO)NCCCc1ccccc1. The summed E-state index contributed by atoms with van der Waals surface area (Å²) in [7, 11) is 0. The van der Waals surface area contributed by atoms with E-state index in [2.05, 4.69) is 36.5 Å². The average Bonchev–Trinajstić information content (AvgIpc) is 2.26. The van der Waals surface area contributed by atoms with E-state index in [4.69, 9.17) is 5.11 Å². The third-order valence-electron chi connectivity index (χ3n) is 2.54. The van der Waals surface area contributed by atoms with Crippen molar-refractivity contribution in [3.63, 3.8) is 0 Å². The number of nitrogens with one attached hydrogen (secondary N) is 1. The zero-order valence-corrected chi connectivity index (χ0v) is 9.45. The van der Waals surface area contributed by atoms with Crippen LogP contribution in [0.4, 0.5) is 0 Å². The van der Waals surface area contributed by atoms with Gasteiger partial charge in [0.25, 0.3) is 0 Å². The number of hydrogen-bond donors (Lipinski definition) is 2. The molecular weight excluding hydrogens is 186 g/mol. The van der Waals surface area contributed by atoms with Gasteiger partial charge in [0, 0.05) is 12.6 Å². The molecule has 1 unspecified atom stereocenters. The molecule has 0 aromatic heterocycles. The number of aliphatic hydroxyl groups is 1. The molecule has 1 aromatic carbocycles. The summed E-state index contributed by atoms with van der Waals surface area (Å²) in [6.45, 7) is 3.40. The van der Waals surface area contributed by atoms with Gasteiger partial charge in [-0.2, -0.15) is 0 Å². The van der Waals surface area contributed by atoms with Crippen LogP contribution in [0, 0.1) is 0 Å². The van der Waals surface area contributed by atoms with E-state index in [0.717, 1.165) is 25.8 Å². The van der Waals surface area contributed by atoms with Crippen LogP contribution < -0.4 is 5.32 Å². The molecular formula is C13H21NO. The maximum Gasteiger partial charge on any atom is 0.0445 e. The zero-order chi connectivity index (χ0) is 10.9. The third-order valence-corrected chi connectivity index (χ3v) is 2.54. The summed E-state index contributed by atoms with van der Waals surface area (Å²) in [5, 5.41) is 12.1. The molecule has 0 fully saturated rings. The van der Waals surface area contributed by atoms with Crippen molar-refractivity contribution in [2.75, 3.05) is 13.2 Å². The highest BCUT2D eigenvalue weighted by atomic mass is 16.3. The van der Waals surface area contributed by atoms with Gasteiger partial charge in [0.15, 0.2) is 0 Å². The number of rotatable bonds is 7. The lowest BCUT2D eigenvalue weighted by Crippen LogP contribution is -2.28. The second kappa shape index (κ2) is 7.43. The number of aliphatic hydroxyl groups excluding tert-OH is 1. The zero-order valence-electron chi connectivity index (χ0n) is 9.45. The summed E-state index contributed by atoms with van der Waals surface area (Å²) in [6, 6.07) is 11.0. The fraction of sp³-hybridized carbons (Fsp3) is 0.538. The van der Waals surface area contributed by atoms with Gasteiger partial charge >= 0.3 is 0 Å². The van der Waals surface area contributed by atoms with Crippen molar-refractivity contribution in [2.24, 2.45) is 0 Å². The van der Waals surface area contributed by atoms with E-state index < -0.39 is 0 Å².